The van der Waals surface area contributed by atoms with Crippen LogP contribution >= 0.6 is 11.8 Å². The summed E-state index contributed by atoms with van der Waals surface area (Å²) >= 11 is 2.04. The van der Waals surface area contributed by atoms with Gasteiger partial charge in [0.15, 0.2) is 0 Å². The fourth-order valence-corrected chi connectivity index (χ4v) is 3.00. The third kappa shape index (κ3) is 3.21. The maximum atomic E-state index is 5.52. The van der Waals surface area contributed by atoms with Gasteiger partial charge in [-0.15, -0.1) is 10.2 Å². The van der Waals surface area contributed by atoms with Gasteiger partial charge in [-0.3, -0.25) is 0 Å². The van der Waals surface area contributed by atoms with Gasteiger partial charge >= 0.3 is 0 Å². The van der Waals surface area contributed by atoms with Crippen molar-refractivity contribution < 1.29 is 4.42 Å². The minimum atomic E-state index is 0.571. The van der Waals surface area contributed by atoms with Crippen molar-refractivity contribution >= 4 is 11.8 Å². The lowest BCUT2D eigenvalue weighted by molar-refractivity contribution is 0.391. The van der Waals surface area contributed by atoms with E-state index in [2.05, 4.69) is 10.2 Å². The van der Waals surface area contributed by atoms with Crippen LogP contribution in [0.25, 0.3) is 0 Å². The van der Waals surface area contributed by atoms with E-state index < -0.39 is 0 Å². The van der Waals surface area contributed by atoms with Crippen molar-refractivity contribution in [1.82, 2.24) is 10.2 Å². The van der Waals surface area contributed by atoms with Gasteiger partial charge in [0.05, 0.1) is 0 Å². The Morgan fingerprint density at radius 2 is 2.00 bits per heavy atom. The van der Waals surface area contributed by atoms with Gasteiger partial charge in [-0.05, 0) is 30.3 Å². The minimum Gasteiger partial charge on any atom is -0.425 e. The molecule has 1 aliphatic heterocycles. The Kier molecular flexibility index (Phi) is 4.02. The molecule has 0 amide bonds. The highest BCUT2D eigenvalue weighted by molar-refractivity contribution is 7.99. The van der Waals surface area contributed by atoms with Gasteiger partial charge in [0.25, 0.3) is 0 Å². The highest BCUT2D eigenvalue weighted by Crippen LogP contribution is 2.25. The molecule has 2 N–H and O–H groups in total. The molecule has 1 aromatic rings. The van der Waals surface area contributed by atoms with Gasteiger partial charge in [0, 0.05) is 19.4 Å². The predicted molar refractivity (Wildman–Crippen MR) is 60.8 cm³/mol. The van der Waals surface area contributed by atoms with E-state index in [-0.39, 0.29) is 0 Å². The Morgan fingerprint density at radius 3 is 2.73 bits per heavy atom. The topological polar surface area (TPSA) is 64.9 Å². The molecule has 0 aromatic carbocycles. The van der Waals surface area contributed by atoms with Crippen molar-refractivity contribution in [3.63, 3.8) is 0 Å². The van der Waals surface area contributed by atoms with Crippen molar-refractivity contribution in [1.29, 1.82) is 0 Å². The third-order valence-corrected chi connectivity index (χ3v) is 3.72. The van der Waals surface area contributed by atoms with E-state index in [4.69, 9.17) is 10.2 Å². The van der Waals surface area contributed by atoms with E-state index in [9.17, 15) is 0 Å². The summed E-state index contributed by atoms with van der Waals surface area (Å²) in [5.74, 6) is 4.74. The van der Waals surface area contributed by atoms with Crippen molar-refractivity contribution in [2.45, 2.75) is 25.7 Å². The van der Waals surface area contributed by atoms with E-state index in [1.165, 1.54) is 24.3 Å². The molecule has 0 radical (unpaired) electrons. The summed E-state index contributed by atoms with van der Waals surface area (Å²) in [6.45, 7) is 0.571. The van der Waals surface area contributed by atoms with E-state index >= 15 is 0 Å². The molecule has 0 aliphatic carbocycles. The summed E-state index contributed by atoms with van der Waals surface area (Å²) in [5, 5.41) is 8.02. The molecule has 15 heavy (non-hydrogen) atoms. The first-order valence-electron chi connectivity index (χ1n) is 5.47. The summed E-state index contributed by atoms with van der Waals surface area (Å²) < 4.78 is 5.52. The molecule has 5 heteroatoms. The van der Waals surface area contributed by atoms with Crippen LogP contribution in [-0.4, -0.2) is 28.2 Å². The smallest absolute Gasteiger partial charge is 0.217 e. The predicted octanol–water partition coefficient (Wildman–Crippen LogP) is 1.26. The number of rotatable bonds is 4. The van der Waals surface area contributed by atoms with Crippen LogP contribution < -0.4 is 5.73 Å². The number of hydrogen-bond acceptors (Lipinski definition) is 5. The number of hydrogen-bond donors (Lipinski definition) is 1. The van der Waals surface area contributed by atoms with Gasteiger partial charge < -0.3 is 10.2 Å². The molecule has 1 fully saturated rings. The van der Waals surface area contributed by atoms with Crippen LogP contribution in [0.3, 0.4) is 0 Å². The molecular weight excluding hydrogens is 210 g/mol. The Bertz CT molecular complexity index is 297. The lowest BCUT2D eigenvalue weighted by atomic mass is 9.99. The molecule has 0 atom stereocenters. The van der Waals surface area contributed by atoms with Gasteiger partial charge in [-0.1, -0.05) is 0 Å². The Morgan fingerprint density at radius 1 is 1.27 bits per heavy atom. The molecular formula is C10H17N3OS. The second-order valence-corrected chi connectivity index (χ2v) is 5.11. The molecule has 4 nitrogen and oxygen atoms in total. The van der Waals surface area contributed by atoms with Crippen LogP contribution in [0.4, 0.5) is 0 Å². The first-order chi connectivity index (χ1) is 7.38. The molecule has 2 rings (SSSR count). The Labute approximate surface area is 94.0 Å². The molecule has 1 aromatic heterocycles. The molecule has 0 spiro atoms. The lowest BCUT2D eigenvalue weighted by Crippen LogP contribution is -2.12. The molecule has 1 saturated heterocycles. The number of nitrogens with zero attached hydrogens (tertiary/aromatic N) is 2. The second kappa shape index (κ2) is 5.51. The van der Waals surface area contributed by atoms with Crippen LogP contribution in [0, 0.1) is 5.92 Å². The fourth-order valence-electron chi connectivity index (χ4n) is 1.79. The van der Waals surface area contributed by atoms with Crippen molar-refractivity contribution in [3.8, 4) is 0 Å². The van der Waals surface area contributed by atoms with Gasteiger partial charge in [-0.2, -0.15) is 11.8 Å². The van der Waals surface area contributed by atoms with E-state index in [1.54, 1.807) is 0 Å². The zero-order valence-corrected chi connectivity index (χ0v) is 9.63. The van der Waals surface area contributed by atoms with Crippen molar-refractivity contribution in [3.05, 3.63) is 11.8 Å². The van der Waals surface area contributed by atoms with Crippen LogP contribution in [0.2, 0.25) is 0 Å². The standard InChI is InChI=1S/C10H17N3OS/c11-4-1-9-12-13-10(14-9)7-8-2-5-15-6-3-8/h8H,1-7,11H2. The van der Waals surface area contributed by atoms with E-state index in [0.717, 1.165) is 18.2 Å². The lowest BCUT2D eigenvalue weighted by Gasteiger charge is -2.19. The third-order valence-electron chi connectivity index (χ3n) is 2.67. The summed E-state index contributed by atoms with van der Waals surface area (Å²) in [6, 6.07) is 0. The number of aromatic nitrogens is 2. The largest absolute Gasteiger partial charge is 0.425 e. The molecule has 0 bridgehead atoms. The average molecular weight is 227 g/mol. The number of nitrogens with two attached hydrogens (primary N) is 1. The molecule has 2 heterocycles. The van der Waals surface area contributed by atoms with E-state index in [0.29, 0.717) is 18.9 Å². The normalized spacial score (nSPS) is 18.2. The van der Waals surface area contributed by atoms with Crippen LogP contribution in [0.5, 0.6) is 0 Å². The van der Waals surface area contributed by atoms with Crippen LogP contribution in [0.1, 0.15) is 24.6 Å². The monoisotopic (exact) mass is 227 g/mol. The highest BCUT2D eigenvalue weighted by Gasteiger charge is 2.17. The number of thioether (sulfide) groups is 1. The van der Waals surface area contributed by atoms with Gasteiger partial charge in [-0.25, -0.2) is 0 Å². The summed E-state index contributed by atoms with van der Waals surface area (Å²) in [6.07, 6.45) is 4.18. The summed E-state index contributed by atoms with van der Waals surface area (Å²) in [7, 11) is 0. The molecule has 0 saturated carbocycles. The van der Waals surface area contributed by atoms with Gasteiger partial charge in [0.1, 0.15) is 0 Å². The SMILES string of the molecule is NCCc1nnc(CC2CCSCC2)o1. The van der Waals surface area contributed by atoms with Crippen molar-refractivity contribution in [2.24, 2.45) is 11.7 Å². The first-order valence-corrected chi connectivity index (χ1v) is 6.63. The molecule has 0 unspecified atom stereocenters. The zero-order valence-electron chi connectivity index (χ0n) is 8.82. The molecule has 1 aliphatic rings. The fraction of sp³-hybridized carbons (Fsp3) is 0.800. The summed E-state index contributed by atoms with van der Waals surface area (Å²) in [4.78, 5) is 0. The van der Waals surface area contributed by atoms with Gasteiger partial charge in [0.2, 0.25) is 11.8 Å². The Hall–Kier alpha value is -0.550. The Balaban J connectivity index is 1.86. The minimum absolute atomic E-state index is 0.571. The van der Waals surface area contributed by atoms with Crippen LogP contribution in [-0.2, 0) is 12.8 Å². The van der Waals surface area contributed by atoms with Crippen molar-refractivity contribution in [2.75, 3.05) is 18.1 Å². The highest BCUT2D eigenvalue weighted by atomic mass is 32.2. The van der Waals surface area contributed by atoms with E-state index in [1.807, 2.05) is 11.8 Å². The average Bonchev–Trinajstić information content (AvgIpc) is 2.68. The molecule has 84 valence electrons. The summed E-state index contributed by atoms with van der Waals surface area (Å²) in [5.41, 5.74) is 5.42. The van der Waals surface area contributed by atoms with Crippen LogP contribution in [0.15, 0.2) is 4.42 Å². The quantitative estimate of drug-likeness (QED) is 0.838. The maximum Gasteiger partial charge on any atom is 0.217 e. The second-order valence-electron chi connectivity index (χ2n) is 3.89. The zero-order chi connectivity index (χ0) is 10.5. The first kappa shape index (κ1) is 11.0. The maximum absolute atomic E-state index is 5.52.